The standard InChI is InChI=1S/C16H26N2O/c1-4-17-16(12-18(3)14-8-9-14)13-6-10-15(11-7-13)19-5-2/h6-7,10-11,14,16-17H,4-5,8-9,12H2,1-3H3. The number of benzene rings is 1. The lowest BCUT2D eigenvalue weighted by atomic mass is 10.1. The van der Waals surface area contributed by atoms with E-state index in [0.717, 1.165) is 31.5 Å². The Morgan fingerprint density at radius 3 is 2.47 bits per heavy atom. The van der Waals surface area contributed by atoms with E-state index in [1.165, 1.54) is 18.4 Å². The van der Waals surface area contributed by atoms with Gasteiger partial charge in [-0.05, 0) is 51.1 Å². The number of hydrogen-bond donors (Lipinski definition) is 1. The van der Waals surface area contributed by atoms with Gasteiger partial charge < -0.3 is 15.0 Å². The molecule has 1 N–H and O–H groups in total. The minimum atomic E-state index is 0.409. The second kappa shape index (κ2) is 6.92. The molecule has 0 bridgehead atoms. The van der Waals surface area contributed by atoms with Crippen LogP contribution in [0, 0.1) is 0 Å². The van der Waals surface area contributed by atoms with Gasteiger partial charge in [-0.15, -0.1) is 0 Å². The predicted octanol–water partition coefficient (Wildman–Crippen LogP) is 2.83. The lowest BCUT2D eigenvalue weighted by molar-refractivity contribution is 0.283. The van der Waals surface area contributed by atoms with Gasteiger partial charge in [-0.3, -0.25) is 0 Å². The Bertz CT molecular complexity index is 373. The van der Waals surface area contributed by atoms with Crippen molar-refractivity contribution in [2.75, 3.05) is 26.7 Å². The van der Waals surface area contributed by atoms with Crippen LogP contribution in [-0.4, -0.2) is 37.7 Å². The first-order valence-electron chi connectivity index (χ1n) is 7.41. The van der Waals surface area contributed by atoms with Gasteiger partial charge in [0.05, 0.1) is 6.61 Å². The highest BCUT2D eigenvalue weighted by atomic mass is 16.5. The van der Waals surface area contributed by atoms with Gasteiger partial charge in [-0.2, -0.15) is 0 Å². The van der Waals surface area contributed by atoms with E-state index in [4.69, 9.17) is 4.74 Å². The molecule has 1 aliphatic carbocycles. The van der Waals surface area contributed by atoms with Gasteiger partial charge >= 0.3 is 0 Å². The van der Waals surface area contributed by atoms with Gasteiger partial charge in [0.1, 0.15) is 5.75 Å². The fraction of sp³-hybridized carbons (Fsp3) is 0.625. The number of ether oxygens (including phenoxy) is 1. The number of nitrogens with one attached hydrogen (secondary N) is 1. The number of hydrogen-bond acceptors (Lipinski definition) is 3. The van der Waals surface area contributed by atoms with E-state index >= 15 is 0 Å². The van der Waals surface area contributed by atoms with Crippen molar-refractivity contribution in [3.63, 3.8) is 0 Å². The van der Waals surface area contributed by atoms with E-state index in [0.29, 0.717) is 6.04 Å². The van der Waals surface area contributed by atoms with E-state index in [2.05, 4.69) is 48.5 Å². The van der Waals surface area contributed by atoms with Crippen LogP contribution in [0.4, 0.5) is 0 Å². The SMILES string of the molecule is CCNC(CN(C)C1CC1)c1ccc(OCC)cc1. The normalized spacial score (nSPS) is 16.6. The summed E-state index contributed by atoms with van der Waals surface area (Å²) in [6, 6.07) is 9.72. The summed E-state index contributed by atoms with van der Waals surface area (Å²) in [5, 5.41) is 3.58. The minimum absolute atomic E-state index is 0.409. The van der Waals surface area contributed by atoms with Crippen molar-refractivity contribution in [2.24, 2.45) is 0 Å². The quantitative estimate of drug-likeness (QED) is 0.779. The summed E-state index contributed by atoms with van der Waals surface area (Å²) in [5.41, 5.74) is 1.35. The third-order valence-corrected chi connectivity index (χ3v) is 3.68. The fourth-order valence-corrected chi connectivity index (χ4v) is 2.45. The molecule has 19 heavy (non-hydrogen) atoms. The van der Waals surface area contributed by atoms with Gasteiger partial charge in [0.2, 0.25) is 0 Å². The Labute approximate surface area is 116 Å². The molecule has 1 fully saturated rings. The first-order valence-corrected chi connectivity index (χ1v) is 7.41. The van der Waals surface area contributed by atoms with Gasteiger partial charge in [0, 0.05) is 18.6 Å². The van der Waals surface area contributed by atoms with Crippen molar-refractivity contribution in [1.29, 1.82) is 0 Å². The largest absolute Gasteiger partial charge is 0.494 e. The molecule has 0 aliphatic heterocycles. The van der Waals surface area contributed by atoms with E-state index in [1.54, 1.807) is 0 Å². The summed E-state index contributed by atoms with van der Waals surface area (Å²) in [6.07, 6.45) is 2.72. The first kappa shape index (κ1) is 14.4. The van der Waals surface area contributed by atoms with E-state index in [9.17, 15) is 0 Å². The molecule has 0 saturated heterocycles. The molecule has 1 aliphatic rings. The monoisotopic (exact) mass is 262 g/mol. The molecule has 0 spiro atoms. The van der Waals surface area contributed by atoms with Crippen molar-refractivity contribution >= 4 is 0 Å². The molecule has 1 unspecified atom stereocenters. The lowest BCUT2D eigenvalue weighted by Crippen LogP contribution is -2.34. The highest BCUT2D eigenvalue weighted by Crippen LogP contribution is 2.27. The van der Waals surface area contributed by atoms with Crippen molar-refractivity contribution in [3.05, 3.63) is 29.8 Å². The van der Waals surface area contributed by atoms with Crippen LogP contribution in [-0.2, 0) is 0 Å². The Hall–Kier alpha value is -1.06. The first-order chi connectivity index (χ1) is 9.24. The molecule has 0 amide bonds. The summed E-state index contributed by atoms with van der Waals surface area (Å²) in [7, 11) is 2.23. The zero-order valence-corrected chi connectivity index (χ0v) is 12.4. The third kappa shape index (κ3) is 4.22. The maximum absolute atomic E-state index is 5.50. The number of likely N-dealkylation sites (N-methyl/N-ethyl adjacent to an activating group) is 2. The van der Waals surface area contributed by atoms with Crippen molar-refractivity contribution < 1.29 is 4.74 Å². The summed E-state index contributed by atoms with van der Waals surface area (Å²) < 4.78 is 5.50. The molecule has 0 heterocycles. The van der Waals surface area contributed by atoms with Crippen LogP contribution in [0.5, 0.6) is 5.75 Å². The molecule has 2 rings (SSSR count). The Morgan fingerprint density at radius 2 is 1.95 bits per heavy atom. The molecule has 3 heteroatoms. The highest BCUT2D eigenvalue weighted by Gasteiger charge is 2.27. The minimum Gasteiger partial charge on any atom is -0.494 e. The zero-order valence-electron chi connectivity index (χ0n) is 12.4. The zero-order chi connectivity index (χ0) is 13.7. The maximum atomic E-state index is 5.50. The lowest BCUT2D eigenvalue weighted by Gasteiger charge is -2.25. The molecule has 1 atom stereocenters. The molecule has 1 saturated carbocycles. The van der Waals surface area contributed by atoms with E-state index in [1.807, 2.05) is 6.92 Å². The highest BCUT2D eigenvalue weighted by molar-refractivity contribution is 5.29. The van der Waals surface area contributed by atoms with Gasteiger partial charge in [-0.25, -0.2) is 0 Å². The van der Waals surface area contributed by atoms with Crippen molar-refractivity contribution in [2.45, 2.75) is 38.8 Å². The van der Waals surface area contributed by atoms with Crippen LogP contribution >= 0.6 is 0 Å². The Kier molecular flexibility index (Phi) is 5.23. The molecule has 3 nitrogen and oxygen atoms in total. The maximum Gasteiger partial charge on any atom is 0.119 e. The van der Waals surface area contributed by atoms with E-state index in [-0.39, 0.29) is 0 Å². The van der Waals surface area contributed by atoms with Crippen LogP contribution in [0.1, 0.15) is 38.3 Å². The third-order valence-electron chi connectivity index (χ3n) is 3.68. The predicted molar refractivity (Wildman–Crippen MR) is 79.7 cm³/mol. The smallest absolute Gasteiger partial charge is 0.119 e. The number of rotatable bonds is 8. The molecule has 0 aromatic heterocycles. The fourth-order valence-electron chi connectivity index (χ4n) is 2.45. The summed E-state index contributed by atoms with van der Waals surface area (Å²) in [5.74, 6) is 0.956. The molecule has 1 aromatic carbocycles. The molecular weight excluding hydrogens is 236 g/mol. The Morgan fingerprint density at radius 1 is 1.26 bits per heavy atom. The summed E-state index contributed by atoms with van der Waals surface area (Å²) in [4.78, 5) is 2.48. The van der Waals surface area contributed by atoms with Crippen molar-refractivity contribution in [3.8, 4) is 5.75 Å². The topological polar surface area (TPSA) is 24.5 Å². The van der Waals surface area contributed by atoms with Gasteiger partial charge in [0.15, 0.2) is 0 Å². The van der Waals surface area contributed by atoms with Crippen LogP contribution in [0.15, 0.2) is 24.3 Å². The van der Waals surface area contributed by atoms with Crippen LogP contribution in [0.25, 0.3) is 0 Å². The van der Waals surface area contributed by atoms with Crippen LogP contribution in [0.3, 0.4) is 0 Å². The molecule has 1 aromatic rings. The van der Waals surface area contributed by atoms with Crippen LogP contribution < -0.4 is 10.1 Å². The molecular formula is C16H26N2O. The summed E-state index contributed by atoms with van der Waals surface area (Å²) in [6.45, 7) is 6.97. The average Bonchev–Trinajstić information content (AvgIpc) is 3.24. The average molecular weight is 262 g/mol. The number of nitrogens with zero attached hydrogens (tertiary/aromatic N) is 1. The van der Waals surface area contributed by atoms with Crippen molar-refractivity contribution in [1.82, 2.24) is 10.2 Å². The summed E-state index contributed by atoms with van der Waals surface area (Å²) >= 11 is 0. The van der Waals surface area contributed by atoms with Gasteiger partial charge in [0.25, 0.3) is 0 Å². The van der Waals surface area contributed by atoms with Crippen LogP contribution in [0.2, 0.25) is 0 Å². The second-order valence-electron chi connectivity index (χ2n) is 5.28. The van der Waals surface area contributed by atoms with Gasteiger partial charge in [-0.1, -0.05) is 19.1 Å². The molecule has 106 valence electrons. The molecule has 0 radical (unpaired) electrons. The second-order valence-corrected chi connectivity index (χ2v) is 5.28. The van der Waals surface area contributed by atoms with E-state index < -0.39 is 0 Å². The Balaban J connectivity index is 1.99.